The van der Waals surface area contributed by atoms with Gasteiger partial charge in [0.05, 0.1) is 33.7 Å². The van der Waals surface area contributed by atoms with Gasteiger partial charge in [-0.25, -0.2) is 13.2 Å². The molecule has 1 aliphatic rings. The van der Waals surface area contributed by atoms with E-state index in [1.165, 1.54) is 31.2 Å². The molecule has 200 valence electrons. The van der Waals surface area contributed by atoms with Crippen LogP contribution in [0.2, 0.25) is 5.02 Å². The summed E-state index contributed by atoms with van der Waals surface area (Å²) in [6.07, 6.45) is -4.72. The standard InChI is InChI=1S/C24H26ClF3N4O4S/c1-3-37(35,36)21-5-4-17(25)10-16(21)14-32-22(33)18-12-19(24(26,27)28)15(11-20(18)29-23(32)34)13-31-8-6-30(2)7-9-31/h4-5,10-12H,3,6-9,13-14H2,1-2H3,(H,29,34). The molecule has 0 bridgehead atoms. The second-order valence-electron chi connectivity index (χ2n) is 9.11. The van der Waals surface area contributed by atoms with Crippen LogP contribution in [-0.4, -0.2) is 66.7 Å². The molecular formula is C24H26ClF3N4O4S. The van der Waals surface area contributed by atoms with Crippen molar-refractivity contribution in [3.05, 3.63) is 72.9 Å². The Kier molecular flexibility index (Phi) is 7.57. The third-order valence-corrected chi connectivity index (χ3v) is 8.63. The fraction of sp³-hybridized carbons (Fsp3) is 0.417. The lowest BCUT2D eigenvalue weighted by molar-refractivity contribution is -0.138. The molecule has 37 heavy (non-hydrogen) atoms. The maximum Gasteiger partial charge on any atom is 0.416 e. The summed E-state index contributed by atoms with van der Waals surface area (Å²) in [5.41, 5.74) is -2.76. The maximum absolute atomic E-state index is 14.0. The van der Waals surface area contributed by atoms with Crippen LogP contribution in [0.15, 0.2) is 44.8 Å². The zero-order chi connectivity index (χ0) is 27.1. The molecule has 1 saturated heterocycles. The normalized spacial score (nSPS) is 15.9. The van der Waals surface area contributed by atoms with Gasteiger partial charge in [0.25, 0.3) is 5.56 Å². The molecule has 1 aromatic heterocycles. The monoisotopic (exact) mass is 558 g/mol. The molecule has 0 spiro atoms. The molecular weight excluding hydrogens is 533 g/mol. The van der Waals surface area contributed by atoms with Gasteiger partial charge in [-0.1, -0.05) is 18.5 Å². The SMILES string of the molecule is CCS(=O)(=O)c1ccc(Cl)cc1Cn1c(=O)[nH]c2cc(CN3CCN(C)CC3)c(C(F)(F)F)cc2c1=O. The first-order chi connectivity index (χ1) is 17.3. The Hall–Kier alpha value is -2.67. The summed E-state index contributed by atoms with van der Waals surface area (Å²) in [5, 5.41) is -0.140. The molecule has 0 aliphatic carbocycles. The summed E-state index contributed by atoms with van der Waals surface area (Å²) in [6.45, 7) is 3.60. The molecule has 1 N–H and O–H groups in total. The number of rotatable bonds is 6. The van der Waals surface area contributed by atoms with E-state index in [0.717, 1.165) is 19.2 Å². The number of hydrogen-bond donors (Lipinski definition) is 1. The number of nitrogens with zero attached hydrogens (tertiary/aromatic N) is 3. The Bertz CT molecular complexity index is 1560. The van der Waals surface area contributed by atoms with Crippen molar-refractivity contribution >= 4 is 32.3 Å². The highest BCUT2D eigenvalue weighted by atomic mass is 35.5. The van der Waals surface area contributed by atoms with Crippen LogP contribution in [0.5, 0.6) is 0 Å². The Morgan fingerprint density at radius 1 is 1.00 bits per heavy atom. The van der Waals surface area contributed by atoms with Crippen molar-refractivity contribution in [1.82, 2.24) is 19.4 Å². The summed E-state index contributed by atoms with van der Waals surface area (Å²) in [6, 6.07) is 5.94. The average Bonchev–Trinajstić information content (AvgIpc) is 2.82. The molecule has 4 rings (SSSR count). The molecule has 1 aliphatic heterocycles. The minimum atomic E-state index is -4.72. The summed E-state index contributed by atoms with van der Waals surface area (Å²) >= 11 is 6.03. The van der Waals surface area contributed by atoms with Gasteiger partial charge in [0, 0.05) is 37.7 Å². The van der Waals surface area contributed by atoms with E-state index in [1.54, 1.807) is 0 Å². The van der Waals surface area contributed by atoms with Crippen LogP contribution in [0.3, 0.4) is 0 Å². The van der Waals surface area contributed by atoms with Gasteiger partial charge < -0.3 is 9.88 Å². The van der Waals surface area contributed by atoms with Crippen LogP contribution in [-0.2, 0) is 29.1 Å². The number of alkyl halides is 3. The summed E-state index contributed by atoms with van der Waals surface area (Å²) in [4.78, 5) is 32.5. The molecule has 1 fully saturated rings. The van der Waals surface area contributed by atoms with Gasteiger partial charge in [0.2, 0.25) is 0 Å². The van der Waals surface area contributed by atoms with E-state index in [9.17, 15) is 31.2 Å². The Morgan fingerprint density at radius 3 is 2.30 bits per heavy atom. The van der Waals surface area contributed by atoms with Gasteiger partial charge in [-0.15, -0.1) is 0 Å². The number of sulfone groups is 1. The van der Waals surface area contributed by atoms with Gasteiger partial charge in [-0.3, -0.25) is 14.3 Å². The van der Waals surface area contributed by atoms with Crippen LogP contribution >= 0.6 is 11.6 Å². The number of nitrogens with one attached hydrogen (secondary N) is 1. The maximum atomic E-state index is 14.0. The average molecular weight is 559 g/mol. The fourth-order valence-electron chi connectivity index (χ4n) is 4.43. The first kappa shape index (κ1) is 27.4. The molecule has 2 aromatic carbocycles. The molecule has 0 amide bonds. The first-order valence-electron chi connectivity index (χ1n) is 11.6. The molecule has 8 nitrogen and oxygen atoms in total. The number of hydrogen-bond acceptors (Lipinski definition) is 6. The summed E-state index contributed by atoms with van der Waals surface area (Å²) in [7, 11) is -1.79. The number of halogens is 4. The predicted molar refractivity (Wildman–Crippen MR) is 135 cm³/mol. The van der Waals surface area contributed by atoms with E-state index >= 15 is 0 Å². The molecule has 2 heterocycles. The second-order valence-corrected chi connectivity index (χ2v) is 11.8. The van der Waals surface area contributed by atoms with Crippen molar-refractivity contribution in [2.24, 2.45) is 0 Å². The minimum absolute atomic E-state index is 0.0177. The quantitative estimate of drug-likeness (QED) is 0.500. The van der Waals surface area contributed by atoms with E-state index < -0.39 is 39.4 Å². The van der Waals surface area contributed by atoms with E-state index in [1.807, 2.05) is 11.9 Å². The lowest BCUT2D eigenvalue weighted by Gasteiger charge is -2.33. The zero-order valence-corrected chi connectivity index (χ0v) is 21.8. The number of H-pyrrole nitrogens is 1. The largest absolute Gasteiger partial charge is 0.416 e. The van der Waals surface area contributed by atoms with Crippen molar-refractivity contribution in [2.45, 2.75) is 31.1 Å². The van der Waals surface area contributed by atoms with Crippen molar-refractivity contribution in [1.29, 1.82) is 0 Å². The highest BCUT2D eigenvalue weighted by Crippen LogP contribution is 2.34. The molecule has 0 saturated carbocycles. The fourth-order valence-corrected chi connectivity index (χ4v) is 5.74. The molecule has 13 heteroatoms. The van der Waals surface area contributed by atoms with Crippen LogP contribution in [0.25, 0.3) is 10.9 Å². The number of aromatic amines is 1. The number of likely N-dealkylation sites (N-methyl/N-ethyl adjacent to an activating group) is 1. The third kappa shape index (κ3) is 5.77. The summed E-state index contributed by atoms with van der Waals surface area (Å²) < 4.78 is 67.8. The lowest BCUT2D eigenvalue weighted by atomic mass is 10.0. The zero-order valence-electron chi connectivity index (χ0n) is 20.2. The van der Waals surface area contributed by atoms with Crippen LogP contribution in [0.1, 0.15) is 23.6 Å². The van der Waals surface area contributed by atoms with Gasteiger partial charge >= 0.3 is 11.9 Å². The minimum Gasteiger partial charge on any atom is -0.307 e. The first-order valence-corrected chi connectivity index (χ1v) is 13.6. The Morgan fingerprint density at radius 2 is 1.68 bits per heavy atom. The van der Waals surface area contributed by atoms with E-state index in [-0.39, 0.29) is 44.2 Å². The van der Waals surface area contributed by atoms with E-state index in [4.69, 9.17) is 11.6 Å². The number of benzene rings is 2. The third-order valence-electron chi connectivity index (χ3n) is 6.57. The van der Waals surface area contributed by atoms with Crippen LogP contribution in [0, 0.1) is 0 Å². The van der Waals surface area contributed by atoms with E-state index in [2.05, 4.69) is 9.88 Å². The Labute approximate surface area is 216 Å². The van der Waals surface area contributed by atoms with Gasteiger partial charge in [-0.2, -0.15) is 13.2 Å². The molecule has 0 unspecified atom stereocenters. The summed E-state index contributed by atoms with van der Waals surface area (Å²) in [5.74, 6) is -0.227. The van der Waals surface area contributed by atoms with Crippen molar-refractivity contribution in [3.8, 4) is 0 Å². The van der Waals surface area contributed by atoms with Gasteiger partial charge in [-0.05, 0) is 48.5 Å². The topological polar surface area (TPSA) is 95.5 Å². The van der Waals surface area contributed by atoms with Crippen molar-refractivity contribution < 1.29 is 21.6 Å². The smallest absolute Gasteiger partial charge is 0.307 e. The predicted octanol–water partition coefficient (Wildman–Crippen LogP) is 2.95. The highest BCUT2D eigenvalue weighted by molar-refractivity contribution is 7.91. The van der Waals surface area contributed by atoms with Crippen LogP contribution < -0.4 is 11.2 Å². The number of piperazine rings is 1. The molecule has 0 atom stereocenters. The lowest BCUT2D eigenvalue weighted by Crippen LogP contribution is -2.44. The van der Waals surface area contributed by atoms with Crippen molar-refractivity contribution in [2.75, 3.05) is 39.0 Å². The Balaban J connectivity index is 1.83. The molecule has 0 radical (unpaired) electrons. The van der Waals surface area contributed by atoms with Crippen molar-refractivity contribution in [3.63, 3.8) is 0 Å². The second kappa shape index (κ2) is 10.2. The van der Waals surface area contributed by atoms with Crippen LogP contribution in [0.4, 0.5) is 13.2 Å². The number of aromatic nitrogens is 2. The molecule has 3 aromatic rings. The van der Waals surface area contributed by atoms with Gasteiger partial charge in [0.15, 0.2) is 9.84 Å². The van der Waals surface area contributed by atoms with E-state index in [0.29, 0.717) is 17.7 Å². The highest BCUT2D eigenvalue weighted by Gasteiger charge is 2.35. The van der Waals surface area contributed by atoms with Gasteiger partial charge in [0.1, 0.15) is 0 Å². The number of fused-ring (bicyclic) bond motifs is 1.